The van der Waals surface area contributed by atoms with Gasteiger partial charge in [0.1, 0.15) is 23.7 Å². The van der Waals surface area contributed by atoms with E-state index in [2.05, 4.69) is 17.1 Å². The molecule has 0 N–H and O–H groups in total. The van der Waals surface area contributed by atoms with Crippen molar-refractivity contribution in [1.82, 2.24) is 19.7 Å². The van der Waals surface area contributed by atoms with Crippen LogP contribution in [0.5, 0.6) is 11.5 Å². The van der Waals surface area contributed by atoms with Crippen LogP contribution in [0.15, 0.2) is 24.5 Å². The molecule has 0 radical (unpaired) electrons. The van der Waals surface area contributed by atoms with E-state index in [0.717, 1.165) is 44.6 Å². The van der Waals surface area contributed by atoms with Crippen molar-refractivity contribution in [3.05, 3.63) is 35.9 Å². The zero-order valence-electron chi connectivity index (χ0n) is 15.6. The van der Waals surface area contributed by atoms with Gasteiger partial charge in [-0.1, -0.05) is 0 Å². The molecule has 1 saturated heterocycles. The number of carbonyl (C=O) groups excluding carboxylic acids is 1. The SMILES string of the molecule is CCn1cnnc1CCC1CCCN1C(=O)c1cc(OC)cc(OC)c1. The van der Waals surface area contributed by atoms with Crippen molar-refractivity contribution in [2.24, 2.45) is 0 Å². The van der Waals surface area contributed by atoms with E-state index in [4.69, 9.17) is 9.47 Å². The Morgan fingerprint density at radius 1 is 1.23 bits per heavy atom. The van der Waals surface area contributed by atoms with Gasteiger partial charge in [-0.3, -0.25) is 4.79 Å². The number of hydrogen-bond donors (Lipinski definition) is 0. The average Bonchev–Trinajstić information content (AvgIpc) is 3.33. The molecule has 140 valence electrons. The Kier molecular flexibility index (Phi) is 5.75. The smallest absolute Gasteiger partial charge is 0.254 e. The van der Waals surface area contributed by atoms with Crippen molar-refractivity contribution < 1.29 is 14.3 Å². The van der Waals surface area contributed by atoms with Gasteiger partial charge in [-0.15, -0.1) is 10.2 Å². The lowest BCUT2D eigenvalue weighted by Crippen LogP contribution is -2.36. The zero-order valence-corrected chi connectivity index (χ0v) is 15.6. The summed E-state index contributed by atoms with van der Waals surface area (Å²) in [6.07, 6.45) is 5.52. The van der Waals surface area contributed by atoms with Crippen molar-refractivity contribution in [3.8, 4) is 11.5 Å². The molecule has 0 aliphatic carbocycles. The minimum absolute atomic E-state index is 0.0293. The van der Waals surface area contributed by atoms with Gasteiger partial charge in [-0.05, 0) is 38.3 Å². The second-order valence-electron chi connectivity index (χ2n) is 6.47. The van der Waals surface area contributed by atoms with E-state index in [1.165, 1.54) is 0 Å². The van der Waals surface area contributed by atoms with Crippen molar-refractivity contribution in [1.29, 1.82) is 0 Å². The number of amides is 1. The minimum Gasteiger partial charge on any atom is -0.497 e. The topological polar surface area (TPSA) is 69.5 Å². The second kappa shape index (κ2) is 8.21. The van der Waals surface area contributed by atoms with Crippen LogP contribution in [0.1, 0.15) is 42.4 Å². The fraction of sp³-hybridized carbons (Fsp3) is 0.526. The number of rotatable bonds is 7. The van der Waals surface area contributed by atoms with Crippen LogP contribution in [-0.2, 0) is 13.0 Å². The molecule has 0 bridgehead atoms. The van der Waals surface area contributed by atoms with Crippen LogP contribution in [0.3, 0.4) is 0 Å². The van der Waals surface area contributed by atoms with E-state index in [0.29, 0.717) is 17.1 Å². The fourth-order valence-corrected chi connectivity index (χ4v) is 3.53. The highest BCUT2D eigenvalue weighted by molar-refractivity contribution is 5.95. The third-order valence-electron chi connectivity index (χ3n) is 4.97. The number of carbonyl (C=O) groups is 1. The second-order valence-corrected chi connectivity index (χ2v) is 6.47. The number of ether oxygens (including phenoxy) is 2. The number of aromatic nitrogens is 3. The lowest BCUT2D eigenvalue weighted by atomic mass is 10.1. The number of methoxy groups -OCH3 is 2. The van der Waals surface area contributed by atoms with E-state index < -0.39 is 0 Å². The van der Waals surface area contributed by atoms with Gasteiger partial charge in [0, 0.05) is 37.2 Å². The zero-order chi connectivity index (χ0) is 18.5. The molecule has 1 fully saturated rings. The quantitative estimate of drug-likeness (QED) is 0.761. The molecule has 7 nitrogen and oxygen atoms in total. The van der Waals surface area contributed by atoms with Gasteiger partial charge in [0.15, 0.2) is 0 Å². The highest BCUT2D eigenvalue weighted by Gasteiger charge is 2.30. The molecule has 7 heteroatoms. The summed E-state index contributed by atoms with van der Waals surface area (Å²) in [5.41, 5.74) is 0.602. The molecule has 2 heterocycles. The third-order valence-corrected chi connectivity index (χ3v) is 4.97. The average molecular weight is 358 g/mol. The molecule has 1 aromatic heterocycles. The molecule has 3 rings (SSSR count). The number of likely N-dealkylation sites (tertiary alicyclic amines) is 1. The van der Waals surface area contributed by atoms with E-state index in [-0.39, 0.29) is 11.9 Å². The molecule has 1 aliphatic rings. The van der Waals surface area contributed by atoms with Gasteiger partial charge >= 0.3 is 0 Å². The van der Waals surface area contributed by atoms with Gasteiger partial charge in [-0.25, -0.2) is 0 Å². The summed E-state index contributed by atoms with van der Waals surface area (Å²) < 4.78 is 12.6. The molecule has 0 saturated carbocycles. The van der Waals surface area contributed by atoms with Crippen LogP contribution in [-0.4, -0.2) is 52.4 Å². The molecule has 0 spiro atoms. The number of aryl methyl sites for hydroxylation is 2. The molecule has 1 aromatic carbocycles. The van der Waals surface area contributed by atoms with Crippen molar-refractivity contribution in [2.75, 3.05) is 20.8 Å². The van der Waals surface area contributed by atoms with Crippen LogP contribution in [0.4, 0.5) is 0 Å². The van der Waals surface area contributed by atoms with Crippen LogP contribution in [0.2, 0.25) is 0 Å². The monoisotopic (exact) mass is 358 g/mol. The summed E-state index contributed by atoms with van der Waals surface area (Å²) >= 11 is 0. The highest BCUT2D eigenvalue weighted by Crippen LogP contribution is 2.27. The normalized spacial score (nSPS) is 16.7. The van der Waals surface area contributed by atoms with Gasteiger partial charge in [-0.2, -0.15) is 0 Å². The Labute approximate surface area is 153 Å². The first-order chi connectivity index (χ1) is 12.7. The molecule has 26 heavy (non-hydrogen) atoms. The van der Waals surface area contributed by atoms with Crippen LogP contribution < -0.4 is 9.47 Å². The Morgan fingerprint density at radius 3 is 2.62 bits per heavy atom. The Balaban J connectivity index is 1.72. The molecule has 1 aliphatic heterocycles. The standard InChI is InChI=1S/C19H26N4O3/c1-4-22-13-20-21-18(22)8-7-15-6-5-9-23(15)19(24)14-10-16(25-2)12-17(11-14)26-3/h10-13,15H,4-9H2,1-3H3. The largest absolute Gasteiger partial charge is 0.497 e. The maximum absolute atomic E-state index is 13.1. The Hall–Kier alpha value is -2.57. The van der Waals surface area contributed by atoms with E-state index >= 15 is 0 Å². The van der Waals surface area contributed by atoms with Crippen LogP contribution in [0.25, 0.3) is 0 Å². The van der Waals surface area contributed by atoms with Gasteiger partial charge < -0.3 is 18.9 Å². The van der Waals surface area contributed by atoms with Crippen molar-refractivity contribution in [3.63, 3.8) is 0 Å². The summed E-state index contributed by atoms with van der Waals surface area (Å²) in [4.78, 5) is 15.0. The van der Waals surface area contributed by atoms with Gasteiger partial charge in [0.25, 0.3) is 5.91 Å². The number of nitrogens with zero attached hydrogens (tertiary/aromatic N) is 4. The minimum atomic E-state index is 0.0293. The molecule has 2 aromatic rings. The first-order valence-corrected chi connectivity index (χ1v) is 9.07. The first-order valence-electron chi connectivity index (χ1n) is 9.07. The lowest BCUT2D eigenvalue weighted by molar-refractivity contribution is 0.0729. The maximum Gasteiger partial charge on any atom is 0.254 e. The fourth-order valence-electron chi connectivity index (χ4n) is 3.53. The van der Waals surface area contributed by atoms with Crippen LogP contribution in [0, 0.1) is 0 Å². The maximum atomic E-state index is 13.1. The summed E-state index contributed by atoms with van der Waals surface area (Å²) in [6.45, 7) is 3.72. The van der Waals surface area contributed by atoms with Gasteiger partial charge in [0.2, 0.25) is 0 Å². The van der Waals surface area contributed by atoms with Gasteiger partial charge in [0.05, 0.1) is 14.2 Å². The Bertz CT molecular complexity index is 737. The molecule has 1 amide bonds. The molecule has 1 unspecified atom stereocenters. The molecular formula is C19H26N4O3. The van der Waals surface area contributed by atoms with Crippen molar-refractivity contribution in [2.45, 2.75) is 45.2 Å². The third kappa shape index (κ3) is 3.81. The van der Waals surface area contributed by atoms with E-state index in [9.17, 15) is 4.79 Å². The predicted octanol–water partition coefficient (Wildman–Crippen LogP) is 2.55. The van der Waals surface area contributed by atoms with E-state index in [1.54, 1.807) is 38.7 Å². The summed E-state index contributed by atoms with van der Waals surface area (Å²) in [6, 6.07) is 5.54. The summed E-state index contributed by atoms with van der Waals surface area (Å²) in [7, 11) is 3.18. The first kappa shape index (κ1) is 18.2. The number of hydrogen-bond acceptors (Lipinski definition) is 5. The van der Waals surface area contributed by atoms with E-state index in [1.807, 2.05) is 9.47 Å². The summed E-state index contributed by atoms with van der Waals surface area (Å²) in [5, 5.41) is 8.18. The van der Waals surface area contributed by atoms with Crippen molar-refractivity contribution >= 4 is 5.91 Å². The lowest BCUT2D eigenvalue weighted by Gasteiger charge is -2.25. The van der Waals surface area contributed by atoms with Crippen LogP contribution >= 0.6 is 0 Å². The highest BCUT2D eigenvalue weighted by atomic mass is 16.5. The molecular weight excluding hydrogens is 332 g/mol. The predicted molar refractivity (Wildman–Crippen MR) is 97.6 cm³/mol. The Morgan fingerprint density at radius 2 is 1.96 bits per heavy atom. The number of benzene rings is 1. The molecule has 1 atom stereocenters. The summed E-state index contributed by atoms with van der Waals surface area (Å²) in [5.74, 6) is 2.26.